The van der Waals surface area contributed by atoms with E-state index in [2.05, 4.69) is 10.6 Å². The van der Waals surface area contributed by atoms with E-state index in [0.29, 0.717) is 13.0 Å². The molecule has 2 unspecified atom stereocenters. The van der Waals surface area contributed by atoms with E-state index in [9.17, 15) is 9.59 Å². The highest BCUT2D eigenvalue weighted by Crippen LogP contribution is 2.08. The first-order valence-electron chi connectivity index (χ1n) is 7.10. The van der Waals surface area contributed by atoms with Gasteiger partial charge in [-0.05, 0) is 25.3 Å². The molecule has 0 saturated carbocycles. The molecule has 5 nitrogen and oxygen atoms in total. The smallest absolute Gasteiger partial charge is 0.242 e. The Hall–Kier alpha value is -2.35. The van der Waals surface area contributed by atoms with Crippen molar-refractivity contribution in [1.29, 1.82) is 5.26 Å². The second-order valence-electron chi connectivity index (χ2n) is 4.89. The van der Waals surface area contributed by atoms with Gasteiger partial charge in [-0.1, -0.05) is 37.3 Å². The van der Waals surface area contributed by atoms with Crippen molar-refractivity contribution in [2.24, 2.45) is 5.92 Å². The lowest BCUT2D eigenvalue weighted by Gasteiger charge is -2.16. The van der Waals surface area contributed by atoms with Gasteiger partial charge >= 0.3 is 0 Å². The van der Waals surface area contributed by atoms with E-state index in [1.807, 2.05) is 43.3 Å². The van der Waals surface area contributed by atoms with E-state index in [0.717, 1.165) is 12.0 Å². The topological polar surface area (TPSA) is 82.0 Å². The van der Waals surface area contributed by atoms with E-state index in [1.54, 1.807) is 6.92 Å². The SMILES string of the molecule is CCCNC(=O)C(C)NC(=O)C(C#N)Cc1ccccc1. The standard InChI is InChI=1S/C16H21N3O2/c1-3-9-18-15(20)12(2)19-16(21)14(11-17)10-13-7-5-4-6-8-13/h4-8,12,14H,3,9-10H2,1-2H3,(H,18,20)(H,19,21). The van der Waals surface area contributed by atoms with Crippen molar-refractivity contribution < 1.29 is 9.59 Å². The predicted molar refractivity (Wildman–Crippen MR) is 80.2 cm³/mol. The molecule has 1 aromatic carbocycles. The number of hydrogen-bond acceptors (Lipinski definition) is 3. The Labute approximate surface area is 125 Å². The summed E-state index contributed by atoms with van der Waals surface area (Å²) >= 11 is 0. The zero-order chi connectivity index (χ0) is 15.7. The van der Waals surface area contributed by atoms with Crippen molar-refractivity contribution in [2.75, 3.05) is 6.54 Å². The number of hydrogen-bond donors (Lipinski definition) is 2. The van der Waals surface area contributed by atoms with E-state index < -0.39 is 17.9 Å². The molecule has 1 aromatic rings. The van der Waals surface area contributed by atoms with Gasteiger partial charge in [-0.25, -0.2) is 0 Å². The summed E-state index contributed by atoms with van der Waals surface area (Å²) in [5.74, 6) is -1.45. The van der Waals surface area contributed by atoms with Crippen molar-refractivity contribution in [3.63, 3.8) is 0 Å². The maximum absolute atomic E-state index is 12.1. The molecule has 0 aromatic heterocycles. The largest absolute Gasteiger partial charge is 0.354 e. The Morgan fingerprint density at radius 2 is 1.90 bits per heavy atom. The monoisotopic (exact) mass is 287 g/mol. The third kappa shape index (κ3) is 5.65. The molecule has 0 aliphatic carbocycles. The summed E-state index contributed by atoms with van der Waals surface area (Å²) in [6, 6.07) is 10.7. The minimum Gasteiger partial charge on any atom is -0.354 e. The van der Waals surface area contributed by atoms with Crippen LogP contribution in [0.15, 0.2) is 30.3 Å². The summed E-state index contributed by atoms with van der Waals surface area (Å²) in [5.41, 5.74) is 0.919. The predicted octanol–water partition coefficient (Wildman–Crippen LogP) is 1.40. The van der Waals surface area contributed by atoms with E-state index >= 15 is 0 Å². The molecule has 0 aliphatic rings. The quantitative estimate of drug-likeness (QED) is 0.795. The maximum Gasteiger partial charge on any atom is 0.242 e. The summed E-state index contributed by atoms with van der Waals surface area (Å²) < 4.78 is 0. The summed E-state index contributed by atoms with van der Waals surface area (Å²) in [6.07, 6.45) is 1.17. The fraction of sp³-hybridized carbons (Fsp3) is 0.438. The minimum absolute atomic E-state index is 0.235. The van der Waals surface area contributed by atoms with Crippen LogP contribution in [0.5, 0.6) is 0 Å². The number of amides is 2. The molecule has 0 radical (unpaired) electrons. The van der Waals surface area contributed by atoms with Crippen LogP contribution in [0.1, 0.15) is 25.8 Å². The summed E-state index contributed by atoms with van der Waals surface area (Å²) in [5, 5.41) is 14.4. The van der Waals surface area contributed by atoms with Crippen LogP contribution in [0.3, 0.4) is 0 Å². The van der Waals surface area contributed by atoms with E-state index in [4.69, 9.17) is 5.26 Å². The average Bonchev–Trinajstić information content (AvgIpc) is 2.50. The van der Waals surface area contributed by atoms with Crippen LogP contribution in [0.25, 0.3) is 0 Å². The van der Waals surface area contributed by atoms with Crippen LogP contribution < -0.4 is 10.6 Å². The zero-order valence-electron chi connectivity index (χ0n) is 12.4. The van der Waals surface area contributed by atoms with Crippen LogP contribution >= 0.6 is 0 Å². The summed E-state index contributed by atoms with van der Waals surface area (Å²) in [7, 11) is 0. The summed E-state index contributed by atoms with van der Waals surface area (Å²) in [4.78, 5) is 23.8. The van der Waals surface area contributed by atoms with Crippen molar-refractivity contribution >= 4 is 11.8 Å². The molecule has 0 heterocycles. The fourth-order valence-corrected chi connectivity index (χ4v) is 1.83. The molecule has 0 spiro atoms. The Kier molecular flexibility index (Phi) is 6.96. The maximum atomic E-state index is 12.1. The third-order valence-electron chi connectivity index (χ3n) is 3.06. The Balaban J connectivity index is 2.56. The zero-order valence-corrected chi connectivity index (χ0v) is 12.4. The molecule has 0 aliphatic heterocycles. The Morgan fingerprint density at radius 1 is 1.24 bits per heavy atom. The number of nitrogens with zero attached hydrogens (tertiary/aromatic N) is 1. The molecule has 21 heavy (non-hydrogen) atoms. The van der Waals surface area contributed by atoms with Gasteiger partial charge in [0.2, 0.25) is 11.8 Å². The second-order valence-corrected chi connectivity index (χ2v) is 4.89. The highest BCUT2D eigenvalue weighted by Gasteiger charge is 2.22. The number of nitrogens with one attached hydrogen (secondary N) is 2. The first kappa shape index (κ1) is 16.7. The third-order valence-corrected chi connectivity index (χ3v) is 3.06. The lowest BCUT2D eigenvalue weighted by molar-refractivity contribution is -0.129. The van der Waals surface area contributed by atoms with E-state index in [1.165, 1.54) is 0 Å². The lowest BCUT2D eigenvalue weighted by Crippen LogP contribution is -2.47. The van der Waals surface area contributed by atoms with Gasteiger partial charge in [-0.15, -0.1) is 0 Å². The van der Waals surface area contributed by atoms with Gasteiger partial charge in [0.15, 0.2) is 0 Å². The molecule has 112 valence electrons. The van der Waals surface area contributed by atoms with Crippen LogP contribution in [-0.2, 0) is 16.0 Å². The van der Waals surface area contributed by atoms with Gasteiger partial charge in [-0.2, -0.15) is 5.26 Å². The Bertz CT molecular complexity index is 508. The van der Waals surface area contributed by atoms with Crippen molar-refractivity contribution in [2.45, 2.75) is 32.7 Å². The molecule has 0 fully saturated rings. The number of benzene rings is 1. The number of rotatable bonds is 7. The molecule has 2 amide bonds. The van der Waals surface area contributed by atoms with Crippen LogP contribution in [0, 0.1) is 17.2 Å². The first-order chi connectivity index (χ1) is 10.1. The highest BCUT2D eigenvalue weighted by molar-refractivity contribution is 5.89. The molecule has 2 atom stereocenters. The van der Waals surface area contributed by atoms with Crippen molar-refractivity contribution in [3.8, 4) is 6.07 Å². The normalized spacial score (nSPS) is 12.8. The second kappa shape index (κ2) is 8.75. The van der Waals surface area contributed by atoms with Gasteiger partial charge in [0.05, 0.1) is 6.07 Å². The van der Waals surface area contributed by atoms with Gasteiger partial charge in [0.1, 0.15) is 12.0 Å². The molecule has 5 heteroatoms. The van der Waals surface area contributed by atoms with Gasteiger partial charge in [0, 0.05) is 6.54 Å². The molecule has 0 saturated heterocycles. The molecule has 1 rings (SSSR count). The van der Waals surface area contributed by atoms with Crippen molar-refractivity contribution in [3.05, 3.63) is 35.9 Å². The fourth-order valence-electron chi connectivity index (χ4n) is 1.83. The first-order valence-corrected chi connectivity index (χ1v) is 7.10. The number of carbonyl (C=O) groups excluding carboxylic acids is 2. The van der Waals surface area contributed by atoms with Crippen LogP contribution in [0.2, 0.25) is 0 Å². The number of nitriles is 1. The highest BCUT2D eigenvalue weighted by atomic mass is 16.2. The van der Waals surface area contributed by atoms with Gasteiger partial charge in [-0.3, -0.25) is 9.59 Å². The molecule has 2 N–H and O–H groups in total. The summed E-state index contributed by atoms with van der Waals surface area (Å²) in [6.45, 7) is 4.14. The lowest BCUT2D eigenvalue weighted by atomic mass is 9.99. The molecular weight excluding hydrogens is 266 g/mol. The number of carbonyl (C=O) groups is 2. The minimum atomic E-state index is -0.797. The van der Waals surface area contributed by atoms with Crippen LogP contribution in [0.4, 0.5) is 0 Å². The molecule has 0 bridgehead atoms. The van der Waals surface area contributed by atoms with Crippen LogP contribution in [-0.4, -0.2) is 24.4 Å². The molecular formula is C16H21N3O2. The van der Waals surface area contributed by atoms with Crippen molar-refractivity contribution in [1.82, 2.24) is 10.6 Å². The average molecular weight is 287 g/mol. The Morgan fingerprint density at radius 3 is 2.48 bits per heavy atom. The van der Waals surface area contributed by atoms with Gasteiger partial charge in [0.25, 0.3) is 0 Å². The van der Waals surface area contributed by atoms with Gasteiger partial charge < -0.3 is 10.6 Å². The van der Waals surface area contributed by atoms with E-state index in [-0.39, 0.29) is 5.91 Å².